The van der Waals surface area contributed by atoms with Gasteiger partial charge in [0.05, 0.1) is 6.54 Å². The van der Waals surface area contributed by atoms with Gasteiger partial charge in [-0.1, -0.05) is 29.8 Å². The van der Waals surface area contributed by atoms with Crippen molar-refractivity contribution in [1.29, 1.82) is 0 Å². The number of halogens is 3. The van der Waals surface area contributed by atoms with Crippen LogP contribution < -0.4 is 16.6 Å². The van der Waals surface area contributed by atoms with E-state index in [0.29, 0.717) is 11.6 Å². The van der Waals surface area contributed by atoms with Gasteiger partial charge in [-0.2, -0.15) is 0 Å². The number of hydrogen-bond donors (Lipinski definition) is 1. The summed E-state index contributed by atoms with van der Waals surface area (Å²) >= 11 is 5.86. The summed E-state index contributed by atoms with van der Waals surface area (Å²) in [6.07, 6.45) is 0. The second-order valence-corrected chi connectivity index (χ2v) is 6.45. The summed E-state index contributed by atoms with van der Waals surface area (Å²) in [5.74, 6) is -1.23. The highest BCUT2D eigenvalue weighted by Gasteiger charge is 2.12. The van der Waals surface area contributed by atoms with Gasteiger partial charge < -0.3 is 5.32 Å². The second-order valence-electron chi connectivity index (χ2n) is 6.01. The van der Waals surface area contributed by atoms with Crippen LogP contribution in [0.5, 0.6) is 0 Å². The second kappa shape index (κ2) is 7.75. The van der Waals surface area contributed by atoms with Crippen molar-refractivity contribution in [1.82, 2.24) is 9.13 Å². The number of benzene rings is 2. The maximum Gasteiger partial charge on any atom is 0.332 e. The molecule has 0 radical (unpaired) electrons. The summed E-state index contributed by atoms with van der Waals surface area (Å²) in [7, 11) is 1.34. The molecular weight excluding hydrogens is 376 g/mol. The van der Waals surface area contributed by atoms with Gasteiger partial charge in [0.1, 0.15) is 17.5 Å². The topological polar surface area (TPSA) is 56.0 Å². The number of hydrogen-bond acceptors (Lipinski definition) is 3. The minimum Gasteiger partial charge on any atom is -0.367 e. The molecule has 3 rings (SSSR count). The van der Waals surface area contributed by atoms with Crippen molar-refractivity contribution in [2.75, 3.05) is 5.32 Å². The van der Waals surface area contributed by atoms with Crippen LogP contribution in [0.2, 0.25) is 5.02 Å². The van der Waals surface area contributed by atoms with Crippen molar-refractivity contribution >= 4 is 17.4 Å². The Balaban J connectivity index is 1.96. The van der Waals surface area contributed by atoms with Crippen LogP contribution in [0.15, 0.2) is 58.1 Å². The molecule has 1 heterocycles. The van der Waals surface area contributed by atoms with Gasteiger partial charge in [0, 0.05) is 36.3 Å². The van der Waals surface area contributed by atoms with E-state index < -0.39 is 22.9 Å². The highest BCUT2D eigenvalue weighted by Crippen LogP contribution is 2.14. The quantitative estimate of drug-likeness (QED) is 0.727. The van der Waals surface area contributed by atoms with Crippen LogP contribution in [0.4, 0.5) is 14.6 Å². The Morgan fingerprint density at radius 3 is 2.41 bits per heavy atom. The lowest BCUT2D eigenvalue weighted by molar-refractivity contribution is 0.559. The Bertz CT molecular complexity index is 1090. The number of anilines is 1. The highest BCUT2D eigenvalue weighted by atomic mass is 35.5. The molecule has 0 aliphatic carbocycles. The molecule has 1 aromatic heterocycles. The average molecular weight is 392 g/mol. The third kappa shape index (κ3) is 4.25. The van der Waals surface area contributed by atoms with E-state index >= 15 is 0 Å². The normalized spacial score (nSPS) is 10.8. The molecule has 0 atom stereocenters. The van der Waals surface area contributed by atoms with E-state index in [1.165, 1.54) is 23.7 Å². The smallest absolute Gasteiger partial charge is 0.332 e. The van der Waals surface area contributed by atoms with Crippen LogP contribution in [-0.4, -0.2) is 9.13 Å². The zero-order valence-corrected chi connectivity index (χ0v) is 15.1. The van der Waals surface area contributed by atoms with Crippen molar-refractivity contribution in [2.24, 2.45) is 7.05 Å². The molecule has 8 heteroatoms. The molecule has 0 amide bonds. The van der Waals surface area contributed by atoms with Crippen molar-refractivity contribution < 1.29 is 8.78 Å². The lowest BCUT2D eigenvalue weighted by Gasteiger charge is -2.16. The summed E-state index contributed by atoms with van der Waals surface area (Å²) in [5.41, 5.74) is -0.0852. The summed E-state index contributed by atoms with van der Waals surface area (Å²) in [4.78, 5) is 24.5. The van der Waals surface area contributed by atoms with E-state index in [0.717, 1.165) is 22.3 Å². The third-order valence-electron chi connectivity index (χ3n) is 4.13. The molecule has 0 bridgehead atoms. The van der Waals surface area contributed by atoms with Crippen molar-refractivity contribution in [3.05, 3.63) is 97.2 Å². The van der Waals surface area contributed by atoms with Gasteiger partial charge in [0.15, 0.2) is 0 Å². The largest absolute Gasteiger partial charge is 0.367 e. The van der Waals surface area contributed by atoms with E-state index in [-0.39, 0.29) is 17.9 Å². The Morgan fingerprint density at radius 2 is 1.74 bits per heavy atom. The van der Waals surface area contributed by atoms with E-state index in [2.05, 4.69) is 5.32 Å². The lowest BCUT2D eigenvalue weighted by Crippen LogP contribution is -2.39. The van der Waals surface area contributed by atoms with Crippen LogP contribution in [-0.2, 0) is 20.1 Å². The first-order valence-corrected chi connectivity index (χ1v) is 8.46. The number of aromatic nitrogens is 2. The Hall–Kier alpha value is -2.93. The fourth-order valence-corrected chi connectivity index (χ4v) is 2.71. The molecule has 1 N–H and O–H groups in total. The first-order chi connectivity index (χ1) is 12.8. The molecule has 0 saturated heterocycles. The van der Waals surface area contributed by atoms with Crippen LogP contribution in [0, 0.1) is 11.6 Å². The lowest BCUT2D eigenvalue weighted by atomic mass is 10.2. The molecule has 0 saturated carbocycles. The predicted octanol–water partition coefficient (Wildman–Crippen LogP) is 3.14. The highest BCUT2D eigenvalue weighted by molar-refractivity contribution is 6.30. The van der Waals surface area contributed by atoms with Crippen molar-refractivity contribution in [3.8, 4) is 0 Å². The molecule has 5 nitrogen and oxygen atoms in total. The molecule has 3 aromatic rings. The summed E-state index contributed by atoms with van der Waals surface area (Å²) < 4.78 is 29.3. The van der Waals surface area contributed by atoms with Gasteiger partial charge in [0.25, 0.3) is 5.56 Å². The van der Waals surface area contributed by atoms with Gasteiger partial charge in [-0.05, 0) is 23.8 Å². The maximum atomic E-state index is 14.0. The summed E-state index contributed by atoms with van der Waals surface area (Å²) in [6.45, 7) is 0.178. The van der Waals surface area contributed by atoms with Gasteiger partial charge in [-0.3, -0.25) is 13.9 Å². The van der Waals surface area contributed by atoms with Gasteiger partial charge in [0.2, 0.25) is 0 Å². The van der Waals surface area contributed by atoms with Gasteiger partial charge in [-0.25, -0.2) is 13.6 Å². The first-order valence-electron chi connectivity index (χ1n) is 8.08. The molecule has 2 aromatic carbocycles. The molecule has 140 valence electrons. The molecule has 27 heavy (non-hydrogen) atoms. The monoisotopic (exact) mass is 391 g/mol. The van der Waals surface area contributed by atoms with Crippen LogP contribution in [0.1, 0.15) is 11.1 Å². The van der Waals surface area contributed by atoms with Crippen LogP contribution in [0.3, 0.4) is 0 Å². The van der Waals surface area contributed by atoms with E-state index in [1.54, 1.807) is 24.3 Å². The number of nitrogens with zero attached hydrogens (tertiary/aromatic N) is 2. The molecular formula is C19H16ClF2N3O2. The zero-order chi connectivity index (χ0) is 19.6. The van der Waals surface area contributed by atoms with Gasteiger partial charge in [-0.15, -0.1) is 0 Å². The SMILES string of the molecule is Cn1c(=O)cc(NCc2ccc(Cl)cc2)n(Cc2ccc(F)cc2F)c1=O. The minimum atomic E-state index is -0.764. The standard InChI is InChI=1S/C19H16ClF2N3O2/c1-24-18(26)9-17(23-10-12-2-5-14(20)6-3-12)25(19(24)27)11-13-4-7-15(21)8-16(13)22/h2-9,23H,10-11H2,1H3. The third-order valence-corrected chi connectivity index (χ3v) is 4.38. The summed E-state index contributed by atoms with van der Waals surface area (Å²) in [6, 6.07) is 11.5. The fraction of sp³-hybridized carbons (Fsp3) is 0.158. The predicted molar refractivity (Wildman–Crippen MR) is 100 cm³/mol. The molecule has 0 fully saturated rings. The maximum absolute atomic E-state index is 14.0. The van der Waals surface area contributed by atoms with Crippen LogP contribution in [0.25, 0.3) is 0 Å². The zero-order valence-electron chi connectivity index (χ0n) is 14.4. The number of rotatable bonds is 5. The van der Waals surface area contributed by atoms with Gasteiger partial charge >= 0.3 is 5.69 Å². The van der Waals surface area contributed by atoms with E-state index in [4.69, 9.17) is 11.6 Å². The average Bonchev–Trinajstić information content (AvgIpc) is 2.64. The minimum absolute atomic E-state index is 0.131. The fourth-order valence-electron chi connectivity index (χ4n) is 2.58. The number of nitrogens with one attached hydrogen (secondary N) is 1. The van der Waals surface area contributed by atoms with Crippen molar-refractivity contribution in [2.45, 2.75) is 13.1 Å². The van der Waals surface area contributed by atoms with E-state index in [1.807, 2.05) is 0 Å². The Kier molecular flexibility index (Phi) is 5.41. The van der Waals surface area contributed by atoms with Crippen LogP contribution >= 0.6 is 11.6 Å². The summed E-state index contributed by atoms with van der Waals surface area (Å²) in [5, 5.41) is 3.61. The van der Waals surface area contributed by atoms with Crippen molar-refractivity contribution in [3.63, 3.8) is 0 Å². The Labute approximate surface area is 158 Å². The first kappa shape index (κ1) is 18.8. The Morgan fingerprint density at radius 1 is 1.04 bits per heavy atom. The molecule has 0 aliphatic rings. The molecule has 0 unspecified atom stereocenters. The molecule has 0 aliphatic heterocycles. The molecule has 0 spiro atoms. The van der Waals surface area contributed by atoms with E-state index in [9.17, 15) is 18.4 Å².